The zero-order valence-corrected chi connectivity index (χ0v) is 15.9. The summed E-state index contributed by atoms with van der Waals surface area (Å²) in [5.41, 5.74) is -0.114. The van der Waals surface area contributed by atoms with E-state index >= 15 is 0 Å². The SMILES string of the molecule is O=C1Nc2c(cccc2C(F)(F)F)[C@H]1N=Nc1ccc(C(=O)N2CCCCC2)cc1. The molecule has 0 aromatic heterocycles. The molecule has 0 unspecified atom stereocenters. The van der Waals surface area contributed by atoms with Crippen LogP contribution in [0.2, 0.25) is 0 Å². The molecule has 1 fully saturated rings. The lowest BCUT2D eigenvalue weighted by Crippen LogP contribution is -2.35. The van der Waals surface area contributed by atoms with Crippen LogP contribution in [0.15, 0.2) is 52.7 Å². The van der Waals surface area contributed by atoms with Crippen LogP contribution in [0.25, 0.3) is 0 Å². The average molecular weight is 416 g/mol. The molecule has 9 heteroatoms. The van der Waals surface area contributed by atoms with Crippen molar-refractivity contribution in [2.24, 2.45) is 10.2 Å². The van der Waals surface area contributed by atoms with Gasteiger partial charge in [-0.15, -0.1) is 0 Å². The highest BCUT2D eigenvalue weighted by atomic mass is 19.4. The van der Waals surface area contributed by atoms with Gasteiger partial charge in [-0.2, -0.15) is 23.4 Å². The Balaban J connectivity index is 1.51. The summed E-state index contributed by atoms with van der Waals surface area (Å²) in [6, 6.07) is 8.89. The van der Waals surface area contributed by atoms with Crippen molar-refractivity contribution in [3.8, 4) is 0 Å². The van der Waals surface area contributed by atoms with Crippen LogP contribution in [0.1, 0.15) is 46.8 Å². The number of anilines is 1. The summed E-state index contributed by atoms with van der Waals surface area (Å²) in [5, 5.41) is 10.2. The van der Waals surface area contributed by atoms with E-state index in [1.54, 1.807) is 24.3 Å². The molecule has 0 aliphatic carbocycles. The maximum absolute atomic E-state index is 13.1. The molecule has 1 N–H and O–H groups in total. The van der Waals surface area contributed by atoms with E-state index in [2.05, 4.69) is 15.5 Å². The summed E-state index contributed by atoms with van der Waals surface area (Å²) in [7, 11) is 0. The standard InChI is InChI=1S/C21H19F3N4O2/c22-21(23,24)16-6-4-5-15-17(16)25-19(29)18(15)27-26-14-9-7-13(8-10-14)20(30)28-11-2-1-3-12-28/h4-10,18H,1-3,11-12H2,(H,25,29)/t18-/m1/s1. The quantitative estimate of drug-likeness (QED) is 0.706. The number of rotatable bonds is 3. The lowest BCUT2D eigenvalue weighted by Gasteiger charge is -2.26. The minimum absolute atomic E-state index is 0.0398. The lowest BCUT2D eigenvalue weighted by molar-refractivity contribution is -0.136. The molecule has 2 heterocycles. The van der Waals surface area contributed by atoms with Gasteiger partial charge in [0.1, 0.15) is 0 Å². The van der Waals surface area contributed by atoms with Crippen molar-refractivity contribution >= 4 is 23.2 Å². The number of hydrogen-bond acceptors (Lipinski definition) is 4. The molecule has 0 bridgehead atoms. The smallest absolute Gasteiger partial charge is 0.339 e. The Kier molecular flexibility index (Phi) is 5.27. The van der Waals surface area contributed by atoms with Gasteiger partial charge in [0.2, 0.25) is 0 Å². The first-order valence-electron chi connectivity index (χ1n) is 9.66. The van der Waals surface area contributed by atoms with E-state index in [4.69, 9.17) is 0 Å². The molecule has 1 saturated heterocycles. The number of carbonyl (C=O) groups is 2. The molecule has 0 radical (unpaired) electrons. The van der Waals surface area contributed by atoms with Crippen molar-refractivity contribution in [1.29, 1.82) is 0 Å². The van der Waals surface area contributed by atoms with Gasteiger partial charge in [0.25, 0.3) is 11.8 Å². The fourth-order valence-corrected chi connectivity index (χ4v) is 3.70. The molecule has 4 rings (SSSR count). The van der Waals surface area contributed by atoms with E-state index in [0.717, 1.165) is 38.4 Å². The first-order chi connectivity index (χ1) is 14.3. The number of nitrogens with zero attached hydrogens (tertiary/aromatic N) is 3. The number of benzene rings is 2. The molecular formula is C21H19F3N4O2. The maximum Gasteiger partial charge on any atom is 0.418 e. The molecule has 2 amide bonds. The molecule has 2 aliphatic rings. The molecule has 1 atom stereocenters. The molecule has 2 aromatic rings. The fraction of sp³-hybridized carbons (Fsp3) is 0.333. The van der Waals surface area contributed by atoms with E-state index in [0.29, 0.717) is 11.3 Å². The first kappa shape index (κ1) is 20.1. The van der Waals surface area contributed by atoms with Gasteiger partial charge in [-0.05, 0) is 49.6 Å². The number of nitrogens with one attached hydrogen (secondary N) is 1. The van der Waals surface area contributed by atoms with Gasteiger partial charge in [0.15, 0.2) is 6.04 Å². The Labute approximate surface area is 170 Å². The van der Waals surface area contributed by atoms with Crippen LogP contribution in [-0.4, -0.2) is 29.8 Å². The number of likely N-dealkylation sites (tertiary alicyclic amines) is 1. The molecule has 2 aliphatic heterocycles. The van der Waals surface area contributed by atoms with Crippen LogP contribution in [-0.2, 0) is 11.0 Å². The van der Waals surface area contributed by atoms with Crippen LogP contribution in [0, 0.1) is 0 Å². The van der Waals surface area contributed by atoms with Gasteiger partial charge in [-0.1, -0.05) is 12.1 Å². The number of para-hydroxylation sites is 1. The average Bonchev–Trinajstić information content (AvgIpc) is 3.07. The highest BCUT2D eigenvalue weighted by Crippen LogP contribution is 2.43. The third-order valence-corrected chi connectivity index (χ3v) is 5.24. The normalized spacial score (nSPS) is 19.1. The highest BCUT2D eigenvalue weighted by Gasteiger charge is 2.40. The van der Waals surface area contributed by atoms with E-state index in [-0.39, 0.29) is 17.2 Å². The number of carbonyl (C=O) groups excluding carboxylic acids is 2. The second-order valence-corrected chi connectivity index (χ2v) is 7.27. The zero-order chi connectivity index (χ0) is 21.3. The molecule has 2 aromatic carbocycles. The van der Waals surface area contributed by atoms with Crippen molar-refractivity contribution in [2.75, 3.05) is 18.4 Å². The summed E-state index contributed by atoms with van der Waals surface area (Å²) < 4.78 is 39.4. The van der Waals surface area contributed by atoms with E-state index in [9.17, 15) is 22.8 Å². The Morgan fingerprint density at radius 2 is 1.73 bits per heavy atom. The Morgan fingerprint density at radius 3 is 2.40 bits per heavy atom. The Hall–Kier alpha value is -3.23. The van der Waals surface area contributed by atoms with Crippen molar-refractivity contribution in [1.82, 2.24) is 4.90 Å². The monoisotopic (exact) mass is 416 g/mol. The van der Waals surface area contributed by atoms with E-state index < -0.39 is 23.7 Å². The Bertz CT molecular complexity index is 996. The van der Waals surface area contributed by atoms with Crippen LogP contribution in [0.4, 0.5) is 24.5 Å². The first-order valence-corrected chi connectivity index (χ1v) is 9.66. The van der Waals surface area contributed by atoms with Crippen molar-refractivity contribution in [3.63, 3.8) is 0 Å². The third kappa shape index (κ3) is 3.92. The van der Waals surface area contributed by atoms with E-state index in [1.807, 2.05) is 4.90 Å². The number of amides is 2. The highest BCUT2D eigenvalue weighted by molar-refractivity contribution is 6.03. The van der Waals surface area contributed by atoms with E-state index in [1.165, 1.54) is 12.1 Å². The van der Waals surface area contributed by atoms with Gasteiger partial charge in [0.05, 0.1) is 16.9 Å². The van der Waals surface area contributed by atoms with Crippen LogP contribution in [0.5, 0.6) is 0 Å². The second-order valence-electron chi connectivity index (χ2n) is 7.27. The lowest BCUT2D eigenvalue weighted by atomic mass is 10.0. The number of hydrogen-bond donors (Lipinski definition) is 1. The molecule has 6 nitrogen and oxygen atoms in total. The fourth-order valence-electron chi connectivity index (χ4n) is 3.70. The predicted molar refractivity (Wildman–Crippen MR) is 104 cm³/mol. The van der Waals surface area contributed by atoms with Crippen LogP contribution >= 0.6 is 0 Å². The van der Waals surface area contributed by atoms with Gasteiger partial charge in [-0.25, -0.2) is 0 Å². The number of piperidine rings is 1. The minimum Gasteiger partial charge on any atom is -0.339 e. The Morgan fingerprint density at radius 1 is 1.03 bits per heavy atom. The number of fused-ring (bicyclic) bond motifs is 1. The molecule has 156 valence electrons. The van der Waals surface area contributed by atoms with Gasteiger partial charge in [0, 0.05) is 24.2 Å². The molecule has 30 heavy (non-hydrogen) atoms. The number of halogens is 3. The minimum atomic E-state index is -4.58. The third-order valence-electron chi connectivity index (χ3n) is 5.24. The summed E-state index contributed by atoms with van der Waals surface area (Å²) in [6.45, 7) is 1.49. The van der Waals surface area contributed by atoms with Gasteiger partial charge >= 0.3 is 6.18 Å². The molecular weight excluding hydrogens is 397 g/mol. The van der Waals surface area contributed by atoms with Gasteiger partial charge in [-0.3, -0.25) is 9.59 Å². The van der Waals surface area contributed by atoms with Crippen molar-refractivity contribution in [2.45, 2.75) is 31.5 Å². The summed E-state index contributed by atoms with van der Waals surface area (Å²) in [6.07, 6.45) is -1.45. The largest absolute Gasteiger partial charge is 0.418 e. The summed E-state index contributed by atoms with van der Waals surface area (Å²) in [5.74, 6) is -0.704. The van der Waals surface area contributed by atoms with Gasteiger partial charge < -0.3 is 10.2 Å². The van der Waals surface area contributed by atoms with Crippen molar-refractivity contribution < 1.29 is 22.8 Å². The van der Waals surface area contributed by atoms with Crippen molar-refractivity contribution in [3.05, 3.63) is 59.2 Å². The van der Waals surface area contributed by atoms with Crippen LogP contribution < -0.4 is 5.32 Å². The van der Waals surface area contributed by atoms with Crippen LogP contribution in [0.3, 0.4) is 0 Å². The summed E-state index contributed by atoms with van der Waals surface area (Å²) in [4.78, 5) is 26.5. The molecule has 0 spiro atoms. The second kappa shape index (κ2) is 7.89. The number of azo groups is 1. The predicted octanol–water partition coefficient (Wildman–Crippen LogP) is 5.11. The topological polar surface area (TPSA) is 74.1 Å². The summed E-state index contributed by atoms with van der Waals surface area (Å²) >= 11 is 0. The maximum atomic E-state index is 13.1. The molecule has 0 saturated carbocycles. The number of alkyl halides is 3. The zero-order valence-electron chi connectivity index (χ0n) is 15.9.